The predicted octanol–water partition coefficient (Wildman–Crippen LogP) is 3.33. The van der Waals surface area contributed by atoms with Crippen LogP contribution in [0.1, 0.15) is 23.7 Å². The van der Waals surface area contributed by atoms with Crippen molar-refractivity contribution in [2.75, 3.05) is 46.4 Å². The third kappa shape index (κ3) is 2.88. The fourth-order valence-corrected chi connectivity index (χ4v) is 5.60. The van der Waals surface area contributed by atoms with Gasteiger partial charge in [0.15, 0.2) is 0 Å². The summed E-state index contributed by atoms with van der Waals surface area (Å²) in [6.07, 6.45) is 1.09. The molecule has 2 aliphatic heterocycles. The van der Waals surface area contributed by atoms with Gasteiger partial charge < -0.3 is 14.5 Å². The lowest BCUT2D eigenvalue weighted by Crippen LogP contribution is -2.38. The van der Waals surface area contributed by atoms with Crippen LogP contribution in [0.3, 0.4) is 0 Å². The average molecular weight is 359 g/mol. The Morgan fingerprint density at radius 2 is 2.20 bits per heavy atom. The van der Waals surface area contributed by atoms with Crippen LogP contribution in [0, 0.1) is 11.3 Å². The van der Waals surface area contributed by atoms with Gasteiger partial charge in [0.2, 0.25) is 0 Å². The van der Waals surface area contributed by atoms with Gasteiger partial charge in [-0.25, -0.2) is 0 Å². The maximum Gasteiger partial charge on any atom is 0.255 e. The van der Waals surface area contributed by atoms with Gasteiger partial charge in [-0.3, -0.25) is 4.79 Å². The molecular weight excluding hydrogens is 332 g/mol. The molecular formula is C20H26N2O2S. The Morgan fingerprint density at radius 3 is 3.00 bits per heavy atom. The summed E-state index contributed by atoms with van der Waals surface area (Å²) in [5, 5.41) is 3.12. The van der Waals surface area contributed by atoms with Gasteiger partial charge in [-0.15, -0.1) is 11.3 Å². The molecule has 4 rings (SSSR count). The Balaban J connectivity index is 1.56. The molecule has 0 aliphatic carbocycles. The molecule has 0 saturated carbocycles. The molecule has 2 aromatic rings. The minimum atomic E-state index is 0.195. The van der Waals surface area contributed by atoms with Crippen LogP contribution in [0.25, 0.3) is 10.1 Å². The maximum absolute atomic E-state index is 13.2. The third-order valence-electron chi connectivity index (χ3n) is 6.08. The number of nitrogens with zero attached hydrogens (tertiary/aromatic N) is 2. The van der Waals surface area contributed by atoms with Crippen molar-refractivity contribution in [2.24, 2.45) is 11.3 Å². The van der Waals surface area contributed by atoms with E-state index in [1.165, 1.54) is 4.70 Å². The molecule has 5 heteroatoms. The topological polar surface area (TPSA) is 32.8 Å². The zero-order valence-corrected chi connectivity index (χ0v) is 15.8. The fourth-order valence-electron chi connectivity index (χ4n) is 4.66. The summed E-state index contributed by atoms with van der Waals surface area (Å²) in [5.74, 6) is 0.718. The minimum Gasteiger partial charge on any atom is -0.384 e. The molecule has 2 fully saturated rings. The van der Waals surface area contributed by atoms with E-state index in [0.717, 1.165) is 56.7 Å². The Morgan fingerprint density at radius 1 is 1.36 bits per heavy atom. The lowest BCUT2D eigenvalue weighted by atomic mass is 9.77. The van der Waals surface area contributed by atoms with Crippen molar-refractivity contribution in [3.05, 3.63) is 35.2 Å². The van der Waals surface area contributed by atoms with Crippen LogP contribution in [0.2, 0.25) is 0 Å². The lowest BCUT2D eigenvalue weighted by molar-refractivity contribution is 0.0718. The van der Waals surface area contributed by atoms with Gasteiger partial charge in [0, 0.05) is 60.1 Å². The first-order valence-corrected chi connectivity index (χ1v) is 10.0. The van der Waals surface area contributed by atoms with Crippen LogP contribution < -0.4 is 0 Å². The minimum absolute atomic E-state index is 0.195. The number of hydrogen-bond acceptors (Lipinski definition) is 4. The summed E-state index contributed by atoms with van der Waals surface area (Å²) in [7, 11) is 1.79. The van der Waals surface area contributed by atoms with Crippen LogP contribution >= 0.6 is 11.3 Å². The number of amides is 1. The monoisotopic (exact) mass is 358 g/mol. The zero-order valence-electron chi connectivity index (χ0n) is 15.0. The van der Waals surface area contributed by atoms with Crippen molar-refractivity contribution in [3.8, 4) is 0 Å². The zero-order chi connectivity index (χ0) is 17.4. The molecule has 1 amide bonds. The highest BCUT2D eigenvalue weighted by atomic mass is 32.1. The summed E-state index contributed by atoms with van der Waals surface area (Å²) >= 11 is 1.66. The standard InChI is InChI=1S/C20H26N2O2S/c1-3-21-10-15(11-24-2)20(13-21)8-9-22(14-20)19(23)17-12-25-18-7-5-4-6-16(17)18/h4-7,12,15H,3,8-11,13-14H2,1-2H3/t15-,20+/m1/s1. The Labute approximate surface area is 153 Å². The van der Waals surface area contributed by atoms with E-state index in [-0.39, 0.29) is 11.3 Å². The van der Waals surface area contributed by atoms with Crippen molar-refractivity contribution in [1.29, 1.82) is 0 Å². The number of carbonyl (C=O) groups excluding carboxylic acids is 1. The molecule has 0 bridgehead atoms. The summed E-state index contributed by atoms with van der Waals surface area (Å²) in [4.78, 5) is 17.8. The first-order chi connectivity index (χ1) is 12.2. The van der Waals surface area contributed by atoms with E-state index >= 15 is 0 Å². The normalized spacial score (nSPS) is 27.0. The van der Waals surface area contributed by atoms with E-state index in [2.05, 4.69) is 28.9 Å². The molecule has 0 unspecified atom stereocenters. The third-order valence-corrected chi connectivity index (χ3v) is 7.05. The van der Waals surface area contributed by atoms with Crippen molar-refractivity contribution < 1.29 is 9.53 Å². The largest absolute Gasteiger partial charge is 0.384 e. The molecule has 2 aliphatic rings. The first-order valence-electron chi connectivity index (χ1n) is 9.13. The number of thiophene rings is 1. The molecule has 2 atom stereocenters. The van der Waals surface area contributed by atoms with Gasteiger partial charge in [-0.1, -0.05) is 25.1 Å². The number of hydrogen-bond donors (Lipinski definition) is 0. The van der Waals surface area contributed by atoms with Crippen LogP contribution in [-0.2, 0) is 4.74 Å². The lowest BCUT2D eigenvalue weighted by Gasteiger charge is -2.30. The number of ether oxygens (including phenoxy) is 1. The fraction of sp³-hybridized carbons (Fsp3) is 0.550. The second-order valence-corrected chi connectivity index (χ2v) is 8.38. The van der Waals surface area contributed by atoms with Crippen LogP contribution in [-0.4, -0.2) is 62.1 Å². The Kier molecular flexibility index (Phi) is 4.56. The molecule has 0 N–H and O–H groups in total. The number of benzene rings is 1. The van der Waals surface area contributed by atoms with Gasteiger partial charge in [-0.2, -0.15) is 0 Å². The second-order valence-electron chi connectivity index (χ2n) is 7.46. The maximum atomic E-state index is 13.2. The van der Waals surface area contributed by atoms with Gasteiger partial charge in [0.25, 0.3) is 5.91 Å². The van der Waals surface area contributed by atoms with E-state index in [1.807, 2.05) is 17.5 Å². The van der Waals surface area contributed by atoms with Gasteiger partial charge in [-0.05, 0) is 19.0 Å². The number of methoxy groups -OCH3 is 1. The number of likely N-dealkylation sites (tertiary alicyclic amines) is 2. The number of carbonyl (C=O) groups is 1. The van der Waals surface area contributed by atoms with Gasteiger partial charge in [0.1, 0.15) is 0 Å². The molecule has 4 nitrogen and oxygen atoms in total. The first kappa shape index (κ1) is 17.0. The summed E-state index contributed by atoms with van der Waals surface area (Å²) in [5.41, 5.74) is 1.07. The van der Waals surface area contributed by atoms with Crippen molar-refractivity contribution in [1.82, 2.24) is 9.80 Å². The van der Waals surface area contributed by atoms with Crippen molar-refractivity contribution >= 4 is 27.3 Å². The Hall–Kier alpha value is -1.43. The van der Waals surface area contributed by atoms with E-state index < -0.39 is 0 Å². The number of rotatable bonds is 4. The van der Waals surface area contributed by atoms with Crippen molar-refractivity contribution in [2.45, 2.75) is 13.3 Å². The molecule has 134 valence electrons. The van der Waals surface area contributed by atoms with E-state index in [0.29, 0.717) is 5.92 Å². The highest BCUT2D eigenvalue weighted by molar-refractivity contribution is 7.17. The van der Waals surface area contributed by atoms with E-state index in [4.69, 9.17) is 4.74 Å². The smallest absolute Gasteiger partial charge is 0.255 e. The van der Waals surface area contributed by atoms with Crippen molar-refractivity contribution in [3.63, 3.8) is 0 Å². The van der Waals surface area contributed by atoms with E-state index in [9.17, 15) is 4.79 Å². The molecule has 1 aromatic heterocycles. The summed E-state index contributed by atoms with van der Waals surface area (Å²) in [6.45, 7) is 7.99. The average Bonchev–Trinajstić information content (AvgIpc) is 3.33. The molecule has 1 aromatic carbocycles. The molecule has 1 spiro atoms. The molecule has 0 radical (unpaired) electrons. The summed E-state index contributed by atoms with van der Waals surface area (Å²) in [6, 6.07) is 8.20. The molecule has 2 saturated heterocycles. The Bertz CT molecular complexity index is 774. The van der Waals surface area contributed by atoms with E-state index in [1.54, 1.807) is 18.4 Å². The molecule has 3 heterocycles. The quantitative estimate of drug-likeness (QED) is 0.840. The van der Waals surface area contributed by atoms with Gasteiger partial charge >= 0.3 is 0 Å². The molecule has 25 heavy (non-hydrogen) atoms. The van der Waals surface area contributed by atoms with Crippen LogP contribution in [0.5, 0.6) is 0 Å². The SMILES string of the molecule is CCN1C[C@H](COC)[C@@]2(CCN(C(=O)c3csc4ccccc34)C2)C1. The van der Waals surface area contributed by atoms with Crippen LogP contribution in [0.15, 0.2) is 29.6 Å². The highest BCUT2D eigenvalue weighted by Crippen LogP contribution is 2.44. The highest BCUT2D eigenvalue weighted by Gasteiger charge is 2.50. The van der Waals surface area contributed by atoms with Gasteiger partial charge in [0.05, 0.1) is 12.2 Å². The number of fused-ring (bicyclic) bond motifs is 1. The van der Waals surface area contributed by atoms with Crippen LogP contribution in [0.4, 0.5) is 0 Å². The summed E-state index contributed by atoms with van der Waals surface area (Å²) < 4.78 is 6.69. The predicted molar refractivity (Wildman–Crippen MR) is 102 cm³/mol. The second kappa shape index (κ2) is 6.71.